The highest BCUT2D eigenvalue weighted by Crippen LogP contribution is 2.17. The molecular formula is C19H30N4O3S. The van der Waals surface area contributed by atoms with Crippen molar-refractivity contribution in [1.29, 1.82) is 0 Å². The monoisotopic (exact) mass is 394 g/mol. The van der Waals surface area contributed by atoms with Crippen molar-refractivity contribution >= 4 is 23.3 Å². The molecule has 2 N–H and O–H groups in total. The quantitative estimate of drug-likeness (QED) is 0.688. The zero-order chi connectivity index (χ0) is 18.9. The van der Waals surface area contributed by atoms with Crippen LogP contribution in [0.2, 0.25) is 0 Å². The fourth-order valence-corrected chi connectivity index (χ4v) is 4.19. The molecule has 7 nitrogen and oxygen atoms in total. The number of ether oxygens (including phenoxy) is 1. The molecule has 3 rings (SSSR count). The Kier molecular flexibility index (Phi) is 7.92. The van der Waals surface area contributed by atoms with Crippen molar-refractivity contribution in [3.8, 4) is 0 Å². The molecule has 8 heteroatoms. The van der Waals surface area contributed by atoms with Gasteiger partial charge in [0.2, 0.25) is 5.91 Å². The molecule has 3 heterocycles. The van der Waals surface area contributed by atoms with Crippen LogP contribution in [0.25, 0.3) is 0 Å². The van der Waals surface area contributed by atoms with Gasteiger partial charge >= 0.3 is 6.03 Å². The topological polar surface area (TPSA) is 73.9 Å². The average Bonchev–Trinajstić information content (AvgIpc) is 3.24. The summed E-state index contributed by atoms with van der Waals surface area (Å²) in [6, 6.07) is 3.91. The van der Waals surface area contributed by atoms with Crippen LogP contribution in [0.5, 0.6) is 0 Å². The maximum Gasteiger partial charge on any atom is 0.317 e. The summed E-state index contributed by atoms with van der Waals surface area (Å²) >= 11 is 1.63. The van der Waals surface area contributed by atoms with Crippen molar-refractivity contribution in [2.75, 3.05) is 52.5 Å². The van der Waals surface area contributed by atoms with Crippen LogP contribution in [0.4, 0.5) is 4.79 Å². The fraction of sp³-hybridized carbons (Fsp3) is 0.684. The van der Waals surface area contributed by atoms with Crippen LogP contribution >= 0.6 is 11.3 Å². The normalized spacial score (nSPS) is 21.0. The second-order valence-electron chi connectivity index (χ2n) is 7.12. The van der Waals surface area contributed by atoms with Crippen molar-refractivity contribution in [1.82, 2.24) is 20.4 Å². The van der Waals surface area contributed by atoms with Crippen LogP contribution in [0, 0.1) is 5.92 Å². The molecule has 0 radical (unpaired) electrons. The summed E-state index contributed by atoms with van der Waals surface area (Å²) in [5.74, 6) is -0.0256. The number of piperidine rings is 1. The minimum atomic E-state index is -0.102. The number of hydrogen-bond acceptors (Lipinski definition) is 5. The van der Waals surface area contributed by atoms with Crippen LogP contribution in [0.3, 0.4) is 0 Å². The SMILES string of the molecule is O=C(NCCCN1CCOCC1)C1CCCN(C(=O)NCc2cccs2)C1. The number of morpholine rings is 1. The lowest BCUT2D eigenvalue weighted by Crippen LogP contribution is -2.49. The van der Waals surface area contributed by atoms with E-state index in [2.05, 4.69) is 15.5 Å². The van der Waals surface area contributed by atoms with Gasteiger partial charge in [-0.3, -0.25) is 9.69 Å². The molecule has 27 heavy (non-hydrogen) atoms. The summed E-state index contributed by atoms with van der Waals surface area (Å²) in [4.78, 5) is 30.1. The maximum absolute atomic E-state index is 12.5. The van der Waals surface area contributed by atoms with Gasteiger partial charge < -0.3 is 20.3 Å². The summed E-state index contributed by atoms with van der Waals surface area (Å²) in [7, 11) is 0. The Morgan fingerprint density at radius 1 is 1.22 bits per heavy atom. The first kappa shape index (κ1) is 20.1. The summed E-state index contributed by atoms with van der Waals surface area (Å²) in [6.45, 7) is 7.02. The van der Waals surface area contributed by atoms with Gasteiger partial charge in [0.15, 0.2) is 0 Å². The highest BCUT2D eigenvalue weighted by molar-refractivity contribution is 7.09. The van der Waals surface area contributed by atoms with Crippen molar-refractivity contribution in [3.63, 3.8) is 0 Å². The van der Waals surface area contributed by atoms with E-state index in [1.807, 2.05) is 17.5 Å². The third kappa shape index (κ3) is 6.48. The predicted octanol–water partition coefficient (Wildman–Crippen LogP) is 1.51. The van der Waals surface area contributed by atoms with Gasteiger partial charge in [0.05, 0.1) is 25.7 Å². The van der Waals surface area contributed by atoms with Gasteiger partial charge in [0, 0.05) is 37.6 Å². The van der Waals surface area contributed by atoms with Gasteiger partial charge in [-0.15, -0.1) is 11.3 Å². The fourth-order valence-electron chi connectivity index (χ4n) is 3.55. The van der Waals surface area contributed by atoms with Crippen LogP contribution in [-0.2, 0) is 16.1 Å². The van der Waals surface area contributed by atoms with Gasteiger partial charge in [0.1, 0.15) is 0 Å². The van der Waals surface area contributed by atoms with Crippen molar-refractivity contribution in [2.24, 2.45) is 5.92 Å². The van der Waals surface area contributed by atoms with Gasteiger partial charge in [-0.1, -0.05) is 6.07 Å². The number of hydrogen-bond donors (Lipinski definition) is 2. The summed E-state index contributed by atoms with van der Waals surface area (Å²) < 4.78 is 5.34. The number of urea groups is 1. The van der Waals surface area contributed by atoms with Crippen molar-refractivity contribution in [3.05, 3.63) is 22.4 Å². The lowest BCUT2D eigenvalue weighted by molar-refractivity contribution is -0.126. The van der Waals surface area contributed by atoms with Crippen LogP contribution in [0.15, 0.2) is 17.5 Å². The number of carbonyl (C=O) groups excluding carboxylic acids is 2. The average molecular weight is 395 g/mol. The van der Waals surface area contributed by atoms with E-state index >= 15 is 0 Å². The summed E-state index contributed by atoms with van der Waals surface area (Å²) in [5.41, 5.74) is 0. The van der Waals surface area contributed by atoms with Gasteiger partial charge in [-0.25, -0.2) is 4.79 Å². The molecule has 0 spiro atoms. The Morgan fingerprint density at radius 3 is 2.85 bits per heavy atom. The molecule has 0 saturated carbocycles. The molecule has 2 aliphatic heterocycles. The number of nitrogens with one attached hydrogen (secondary N) is 2. The molecule has 1 unspecified atom stereocenters. The number of rotatable bonds is 7. The van der Waals surface area contributed by atoms with Gasteiger partial charge in [0.25, 0.3) is 0 Å². The first-order chi connectivity index (χ1) is 13.2. The van der Waals surface area contributed by atoms with E-state index in [1.165, 1.54) is 0 Å². The minimum Gasteiger partial charge on any atom is -0.379 e. The molecule has 3 amide bonds. The van der Waals surface area contributed by atoms with E-state index in [9.17, 15) is 9.59 Å². The molecule has 150 valence electrons. The Bertz CT molecular complexity index is 590. The number of carbonyl (C=O) groups is 2. The lowest BCUT2D eigenvalue weighted by atomic mass is 9.97. The molecule has 0 aromatic carbocycles. The highest BCUT2D eigenvalue weighted by atomic mass is 32.1. The largest absolute Gasteiger partial charge is 0.379 e. The van der Waals surface area contributed by atoms with Crippen molar-refractivity contribution in [2.45, 2.75) is 25.8 Å². The van der Waals surface area contributed by atoms with E-state index < -0.39 is 0 Å². The molecular weight excluding hydrogens is 364 g/mol. The summed E-state index contributed by atoms with van der Waals surface area (Å²) in [5, 5.41) is 8.01. The van der Waals surface area contributed by atoms with E-state index in [0.29, 0.717) is 19.6 Å². The number of likely N-dealkylation sites (tertiary alicyclic amines) is 1. The minimum absolute atomic E-state index is 0.0757. The van der Waals surface area contributed by atoms with Crippen LogP contribution < -0.4 is 10.6 Å². The zero-order valence-electron chi connectivity index (χ0n) is 15.8. The van der Waals surface area contributed by atoms with E-state index in [-0.39, 0.29) is 17.9 Å². The van der Waals surface area contributed by atoms with Crippen LogP contribution in [0.1, 0.15) is 24.1 Å². The van der Waals surface area contributed by atoms with Gasteiger partial charge in [-0.05, 0) is 37.3 Å². The Hall–Kier alpha value is -1.64. The Morgan fingerprint density at radius 2 is 2.07 bits per heavy atom. The molecule has 1 aromatic rings. The Labute approximate surface area is 165 Å². The summed E-state index contributed by atoms with van der Waals surface area (Å²) in [6.07, 6.45) is 2.67. The lowest BCUT2D eigenvalue weighted by Gasteiger charge is -2.32. The van der Waals surface area contributed by atoms with E-state index in [4.69, 9.17) is 4.74 Å². The molecule has 0 aliphatic carbocycles. The predicted molar refractivity (Wildman–Crippen MR) is 106 cm³/mol. The first-order valence-electron chi connectivity index (χ1n) is 9.85. The van der Waals surface area contributed by atoms with Crippen molar-refractivity contribution < 1.29 is 14.3 Å². The van der Waals surface area contributed by atoms with E-state index in [1.54, 1.807) is 16.2 Å². The van der Waals surface area contributed by atoms with Gasteiger partial charge in [-0.2, -0.15) is 0 Å². The second kappa shape index (κ2) is 10.6. The maximum atomic E-state index is 12.5. The van der Waals surface area contributed by atoms with E-state index in [0.717, 1.165) is 63.5 Å². The molecule has 2 aliphatic rings. The molecule has 1 aromatic heterocycles. The molecule has 1 atom stereocenters. The Balaban J connectivity index is 1.33. The highest BCUT2D eigenvalue weighted by Gasteiger charge is 2.28. The molecule has 0 bridgehead atoms. The van der Waals surface area contributed by atoms with Crippen LogP contribution in [-0.4, -0.2) is 74.2 Å². The zero-order valence-corrected chi connectivity index (χ0v) is 16.6. The molecule has 2 fully saturated rings. The number of thiophene rings is 1. The smallest absolute Gasteiger partial charge is 0.317 e. The second-order valence-corrected chi connectivity index (χ2v) is 8.15. The standard InChI is InChI=1S/C19H30N4O3S/c24-18(20-6-3-7-22-9-11-26-12-10-22)16-4-1-8-23(15-16)19(25)21-14-17-5-2-13-27-17/h2,5,13,16H,1,3-4,6-12,14-15H2,(H,20,24)(H,21,25). The number of nitrogens with zero attached hydrogens (tertiary/aromatic N) is 2. The first-order valence-corrected chi connectivity index (χ1v) is 10.7. The third-order valence-electron chi connectivity index (χ3n) is 5.13. The number of amides is 3. The molecule has 2 saturated heterocycles. The third-order valence-corrected chi connectivity index (χ3v) is 6.00.